The largest absolute Gasteiger partial charge is 0.396 e. The van der Waals surface area contributed by atoms with E-state index in [1.807, 2.05) is 6.07 Å². The van der Waals surface area contributed by atoms with Crippen molar-refractivity contribution in [3.63, 3.8) is 0 Å². The fraction of sp³-hybridized carbons (Fsp3) is 0.444. The second kappa shape index (κ2) is 7.59. The fourth-order valence-electron chi connectivity index (χ4n) is 3.32. The molecule has 0 spiro atoms. The number of amides is 1. The van der Waals surface area contributed by atoms with Crippen molar-refractivity contribution in [2.24, 2.45) is 5.92 Å². The number of aliphatic hydroxyl groups is 1. The van der Waals surface area contributed by atoms with E-state index in [9.17, 15) is 14.7 Å². The first-order chi connectivity index (χ1) is 11.7. The molecule has 1 aromatic heterocycles. The average molecular weight is 329 g/mol. The summed E-state index contributed by atoms with van der Waals surface area (Å²) < 4.78 is 0. The Morgan fingerprint density at radius 1 is 1.33 bits per heavy atom. The van der Waals surface area contributed by atoms with Crippen molar-refractivity contribution in [1.82, 2.24) is 15.2 Å². The first-order valence-corrected chi connectivity index (χ1v) is 8.41. The quantitative estimate of drug-likeness (QED) is 0.763. The molecule has 1 fully saturated rings. The van der Waals surface area contributed by atoms with Gasteiger partial charge in [0, 0.05) is 43.2 Å². The summed E-state index contributed by atoms with van der Waals surface area (Å²) in [6.07, 6.45) is 3.63. The van der Waals surface area contributed by atoms with Gasteiger partial charge < -0.3 is 20.3 Å². The fourth-order valence-corrected chi connectivity index (χ4v) is 3.32. The molecule has 3 N–H and O–H groups in total. The molecule has 0 saturated carbocycles. The van der Waals surface area contributed by atoms with E-state index in [1.165, 1.54) is 6.20 Å². The molecular formula is C18H23N3O3. The van der Waals surface area contributed by atoms with E-state index in [0.717, 1.165) is 32.5 Å². The van der Waals surface area contributed by atoms with Crippen molar-refractivity contribution < 1.29 is 9.90 Å². The molecule has 1 unspecified atom stereocenters. The van der Waals surface area contributed by atoms with Crippen LogP contribution in [0.3, 0.4) is 0 Å². The summed E-state index contributed by atoms with van der Waals surface area (Å²) >= 11 is 0. The van der Waals surface area contributed by atoms with Gasteiger partial charge in [-0.15, -0.1) is 0 Å². The number of carbonyl (C=O) groups excluding carboxylic acids is 1. The number of nitrogens with one attached hydrogen (secondary N) is 2. The van der Waals surface area contributed by atoms with Gasteiger partial charge in [0.1, 0.15) is 0 Å². The molecule has 6 heteroatoms. The maximum atomic E-state index is 12.4. The molecule has 1 aliphatic heterocycles. The van der Waals surface area contributed by atoms with Crippen LogP contribution in [0.2, 0.25) is 0 Å². The number of hydrogen-bond donors (Lipinski definition) is 3. The molecule has 1 aliphatic rings. The number of rotatable bonds is 5. The molecule has 3 rings (SSSR count). The Hall–Kier alpha value is -2.18. The third-order valence-electron chi connectivity index (χ3n) is 4.63. The Morgan fingerprint density at radius 3 is 2.92 bits per heavy atom. The van der Waals surface area contributed by atoms with E-state index in [0.29, 0.717) is 28.8 Å². The van der Waals surface area contributed by atoms with E-state index in [4.69, 9.17) is 0 Å². The van der Waals surface area contributed by atoms with E-state index in [2.05, 4.69) is 15.2 Å². The predicted octanol–water partition coefficient (Wildman–Crippen LogP) is 0.962. The highest BCUT2D eigenvalue weighted by atomic mass is 16.3. The second-order valence-corrected chi connectivity index (χ2v) is 6.32. The molecular weight excluding hydrogens is 306 g/mol. The first kappa shape index (κ1) is 16.7. The number of H-pyrrole nitrogens is 1. The van der Waals surface area contributed by atoms with Crippen molar-refractivity contribution in [3.8, 4) is 0 Å². The topological polar surface area (TPSA) is 85.4 Å². The average Bonchev–Trinajstić information content (AvgIpc) is 2.62. The van der Waals surface area contributed by atoms with Gasteiger partial charge in [-0.3, -0.25) is 9.59 Å². The summed E-state index contributed by atoms with van der Waals surface area (Å²) in [6.45, 7) is 3.43. The van der Waals surface area contributed by atoms with Crippen molar-refractivity contribution in [2.45, 2.75) is 12.8 Å². The molecule has 1 amide bonds. The van der Waals surface area contributed by atoms with E-state index in [1.54, 1.807) is 18.2 Å². The van der Waals surface area contributed by atoms with Crippen LogP contribution in [0, 0.1) is 5.92 Å². The Morgan fingerprint density at radius 2 is 2.12 bits per heavy atom. The first-order valence-electron chi connectivity index (χ1n) is 8.41. The standard InChI is InChI=1S/C18H23N3O3/c22-12-13-4-3-8-21(11-13)9-7-19-18(24)16-10-20-17(23)15-6-2-1-5-14(15)16/h1-2,5-6,10,13,22H,3-4,7-9,11-12H2,(H,19,24)(H,20,23). The maximum absolute atomic E-state index is 12.4. The number of piperidine rings is 1. The highest BCUT2D eigenvalue weighted by Gasteiger charge is 2.19. The van der Waals surface area contributed by atoms with Crippen molar-refractivity contribution in [2.75, 3.05) is 32.8 Å². The van der Waals surface area contributed by atoms with Crippen LogP contribution in [0.1, 0.15) is 23.2 Å². The highest BCUT2D eigenvalue weighted by molar-refractivity contribution is 6.06. The number of aromatic amines is 1. The number of aromatic nitrogens is 1. The molecule has 128 valence electrons. The van der Waals surface area contributed by atoms with Crippen LogP contribution in [0.25, 0.3) is 10.8 Å². The predicted molar refractivity (Wildman–Crippen MR) is 93.2 cm³/mol. The number of pyridine rings is 1. The minimum atomic E-state index is -0.189. The molecule has 2 aromatic rings. The zero-order valence-electron chi connectivity index (χ0n) is 13.6. The number of aliphatic hydroxyl groups excluding tert-OH is 1. The monoisotopic (exact) mass is 329 g/mol. The number of carbonyl (C=O) groups is 1. The van der Waals surface area contributed by atoms with Gasteiger partial charge in [-0.25, -0.2) is 0 Å². The molecule has 6 nitrogen and oxygen atoms in total. The smallest absolute Gasteiger partial charge is 0.255 e. The van der Waals surface area contributed by atoms with Crippen LogP contribution >= 0.6 is 0 Å². The van der Waals surface area contributed by atoms with Crippen LogP contribution in [0.4, 0.5) is 0 Å². The Kier molecular flexibility index (Phi) is 5.27. The van der Waals surface area contributed by atoms with Gasteiger partial charge in [0.05, 0.1) is 5.56 Å². The molecule has 1 aromatic carbocycles. The number of hydrogen-bond acceptors (Lipinski definition) is 4. The van der Waals surface area contributed by atoms with Crippen LogP contribution in [0.15, 0.2) is 35.3 Å². The molecule has 0 bridgehead atoms. The second-order valence-electron chi connectivity index (χ2n) is 6.32. The number of fused-ring (bicyclic) bond motifs is 1. The van der Waals surface area contributed by atoms with Crippen molar-refractivity contribution in [3.05, 3.63) is 46.4 Å². The van der Waals surface area contributed by atoms with Gasteiger partial charge in [0.2, 0.25) is 0 Å². The minimum absolute atomic E-state index is 0.182. The lowest BCUT2D eigenvalue weighted by Gasteiger charge is -2.31. The number of likely N-dealkylation sites (tertiary alicyclic amines) is 1. The Bertz CT molecular complexity index is 771. The van der Waals surface area contributed by atoms with Crippen molar-refractivity contribution in [1.29, 1.82) is 0 Å². The van der Waals surface area contributed by atoms with Gasteiger partial charge in [-0.05, 0) is 31.4 Å². The minimum Gasteiger partial charge on any atom is -0.396 e. The summed E-state index contributed by atoms with van der Waals surface area (Å²) in [5.74, 6) is 0.163. The zero-order chi connectivity index (χ0) is 16.9. The van der Waals surface area contributed by atoms with E-state index < -0.39 is 0 Å². The summed E-state index contributed by atoms with van der Waals surface area (Å²) in [5.41, 5.74) is 0.294. The molecule has 0 aliphatic carbocycles. The van der Waals surface area contributed by atoms with Gasteiger partial charge in [0.25, 0.3) is 11.5 Å². The lowest BCUT2D eigenvalue weighted by Crippen LogP contribution is -2.41. The SMILES string of the molecule is O=C(NCCN1CCCC(CO)C1)c1c[nH]c(=O)c2ccccc12. The van der Waals surface area contributed by atoms with E-state index >= 15 is 0 Å². The van der Waals surface area contributed by atoms with Crippen LogP contribution in [-0.4, -0.2) is 53.7 Å². The molecule has 1 saturated heterocycles. The van der Waals surface area contributed by atoms with Crippen LogP contribution in [0.5, 0.6) is 0 Å². The molecule has 1 atom stereocenters. The molecule has 0 radical (unpaired) electrons. The van der Waals surface area contributed by atoms with Gasteiger partial charge in [0.15, 0.2) is 0 Å². The normalized spacial score (nSPS) is 18.6. The zero-order valence-corrected chi connectivity index (χ0v) is 13.6. The van der Waals surface area contributed by atoms with E-state index in [-0.39, 0.29) is 18.1 Å². The third kappa shape index (κ3) is 3.66. The van der Waals surface area contributed by atoms with Crippen molar-refractivity contribution >= 4 is 16.7 Å². The van der Waals surface area contributed by atoms with Gasteiger partial charge in [-0.2, -0.15) is 0 Å². The summed E-state index contributed by atoms with van der Waals surface area (Å²) in [6, 6.07) is 7.11. The Balaban J connectivity index is 1.62. The summed E-state index contributed by atoms with van der Waals surface area (Å²) in [4.78, 5) is 29.2. The van der Waals surface area contributed by atoms with Crippen LogP contribution in [-0.2, 0) is 0 Å². The van der Waals surface area contributed by atoms with Gasteiger partial charge in [-0.1, -0.05) is 18.2 Å². The summed E-state index contributed by atoms with van der Waals surface area (Å²) in [7, 11) is 0. The molecule has 24 heavy (non-hydrogen) atoms. The summed E-state index contributed by atoms with van der Waals surface area (Å²) in [5, 5.41) is 13.4. The lowest BCUT2D eigenvalue weighted by atomic mass is 9.99. The van der Waals surface area contributed by atoms with Gasteiger partial charge >= 0.3 is 0 Å². The number of benzene rings is 1. The highest BCUT2D eigenvalue weighted by Crippen LogP contribution is 2.16. The van der Waals surface area contributed by atoms with Crippen LogP contribution < -0.4 is 10.9 Å². The third-order valence-corrected chi connectivity index (χ3v) is 4.63. The number of nitrogens with zero attached hydrogens (tertiary/aromatic N) is 1. The lowest BCUT2D eigenvalue weighted by molar-refractivity contribution is 0.0932. The maximum Gasteiger partial charge on any atom is 0.255 e. The Labute approximate surface area is 140 Å². The molecule has 2 heterocycles.